The van der Waals surface area contributed by atoms with Crippen molar-refractivity contribution < 1.29 is 22.5 Å². The van der Waals surface area contributed by atoms with Gasteiger partial charge in [0.1, 0.15) is 11.8 Å². The van der Waals surface area contributed by atoms with E-state index in [-0.39, 0.29) is 29.1 Å². The van der Waals surface area contributed by atoms with Crippen LogP contribution in [-0.2, 0) is 26.2 Å². The molecule has 1 aromatic heterocycles. The van der Waals surface area contributed by atoms with Gasteiger partial charge in [0.25, 0.3) is 10.0 Å². The van der Waals surface area contributed by atoms with Gasteiger partial charge in [-0.05, 0) is 42.9 Å². The fourth-order valence-corrected chi connectivity index (χ4v) is 5.69. The molecule has 0 radical (unpaired) electrons. The van der Waals surface area contributed by atoms with E-state index in [2.05, 4.69) is 15.2 Å². The van der Waals surface area contributed by atoms with Crippen molar-refractivity contribution in [3.8, 4) is 11.1 Å². The molecule has 1 atom stereocenters. The molecule has 0 spiro atoms. The van der Waals surface area contributed by atoms with Gasteiger partial charge in [0.15, 0.2) is 5.82 Å². The molecule has 1 heterocycles. The van der Waals surface area contributed by atoms with Crippen molar-refractivity contribution in [1.82, 2.24) is 15.4 Å². The highest BCUT2D eigenvalue weighted by Gasteiger charge is 2.36. The second-order valence-electron chi connectivity index (χ2n) is 10.8. The molecular weight excluding hydrogens is 516 g/mol. The summed E-state index contributed by atoms with van der Waals surface area (Å²) < 4.78 is 34.0. The van der Waals surface area contributed by atoms with Crippen LogP contribution in [0.25, 0.3) is 11.1 Å². The summed E-state index contributed by atoms with van der Waals surface area (Å²) in [6, 6.07) is 13.4. The second kappa shape index (κ2) is 12.0. The number of likely N-dealkylation sites (N-methyl/N-ethyl adjacent to an activating group) is 1. The van der Waals surface area contributed by atoms with E-state index in [1.807, 2.05) is 52.0 Å². The first-order valence-electron chi connectivity index (χ1n) is 12.9. The van der Waals surface area contributed by atoms with Crippen LogP contribution >= 0.6 is 0 Å². The lowest BCUT2D eigenvalue weighted by atomic mass is 9.85. The zero-order valence-corrected chi connectivity index (χ0v) is 24.5. The highest BCUT2D eigenvalue weighted by atomic mass is 32.2. The van der Waals surface area contributed by atoms with Crippen LogP contribution in [0.15, 0.2) is 57.9 Å². The largest absolute Gasteiger partial charge is 0.359 e. The van der Waals surface area contributed by atoms with Crippen molar-refractivity contribution in [2.24, 2.45) is 5.41 Å². The van der Waals surface area contributed by atoms with E-state index >= 15 is 0 Å². The smallest absolute Gasteiger partial charge is 0.263 e. The number of hydrogen-bond donors (Lipinski definition) is 2. The molecule has 2 N–H and O–H groups in total. The molecule has 0 aliphatic rings. The van der Waals surface area contributed by atoms with Gasteiger partial charge in [0.05, 0.1) is 4.90 Å². The van der Waals surface area contributed by atoms with Gasteiger partial charge in [-0.3, -0.25) is 14.3 Å². The minimum atomic E-state index is -3.94. The summed E-state index contributed by atoms with van der Waals surface area (Å²) in [5.41, 5.74) is 2.25. The third-order valence-corrected chi connectivity index (χ3v) is 8.01. The van der Waals surface area contributed by atoms with Gasteiger partial charge in [0, 0.05) is 31.1 Å². The first-order chi connectivity index (χ1) is 18.3. The molecule has 3 rings (SSSR count). The van der Waals surface area contributed by atoms with Gasteiger partial charge in [-0.2, -0.15) is 0 Å². The third kappa shape index (κ3) is 7.06. The predicted molar refractivity (Wildman–Crippen MR) is 151 cm³/mol. The molecule has 3 aromatic rings. The van der Waals surface area contributed by atoms with E-state index in [9.17, 15) is 18.0 Å². The number of sulfonamides is 1. The Bertz CT molecular complexity index is 1420. The Morgan fingerprint density at radius 3 is 2.26 bits per heavy atom. The topological polar surface area (TPSA) is 122 Å². The van der Waals surface area contributed by atoms with Crippen LogP contribution in [0, 0.1) is 19.3 Å². The maximum absolute atomic E-state index is 13.2. The van der Waals surface area contributed by atoms with Crippen LogP contribution in [-0.4, -0.2) is 43.4 Å². The summed E-state index contributed by atoms with van der Waals surface area (Å²) in [5, 5.41) is 6.77. The second-order valence-corrected chi connectivity index (χ2v) is 12.4. The maximum Gasteiger partial charge on any atom is 0.263 e. The number of nitrogens with one attached hydrogen (secondary N) is 2. The first kappa shape index (κ1) is 29.9. The minimum absolute atomic E-state index is 0.0612. The summed E-state index contributed by atoms with van der Waals surface area (Å²) in [5.74, 6) is 0.411. The number of carbonyl (C=O) groups is 2. The molecule has 210 valence electrons. The normalized spacial score (nSPS) is 12.6. The lowest BCUT2D eigenvalue weighted by molar-refractivity contribution is -0.143. The van der Waals surface area contributed by atoms with E-state index < -0.39 is 21.5 Å². The van der Waals surface area contributed by atoms with Crippen LogP contribution in [0.4, 0.5) is 5.82 Å². The fraction of sp³-hybridized carbons (Fsp3) is 0.414. The highest BCUT2D eigenvalue weighted by Crippen LogP contribution is 2.30. The number of hydrogen-bond acceptors (Lipinski definition) is 6. The Balaban J connectivity index is 1.77. The molecule has 10 heteroatoms. The van der Waals surface area contributed by atoms with E-state index in [1.54, 1.807) is 39.1 Å². The predicted octanol–water partition coefficient (Wildman–Crippen LogP) is 5.05. The molecular formula is C29H38N4O5S. The summed E-state index contributed by atoms with van der Waals surface area (Å²) in [7, 11) is -2.26. The van der Waals surface area contributed by atoms with Gasteiger partial charge in [0.2, 0.25) is 11.8 Å². The molecule has 2 aromatic carbocycles. The summed E-state index contributed by atoms with van der Waals surface area (Å²) in [4.78, 5) is 27.3. The SMILES string of the molecule is CCCC(=O)N(C)[C@H](C(=O)NCc1ccc(-c2ccccc2S(=O)(=O)Nc2noc(C)c2C)cc1)C(C)(C)C. The number of benzene rings is 2. The Morgan fingerprint density at radius 2 is 1.69 bits per heavy atom. The number of amides is 2. The molecule has 0 saturated carbocycles. The summed E-state index contributed by atoms with van der Waals surface area (Å²) in [6.45, 7) is 11.5. The number of aromatic nitrogens is 1. The van der Waals surface area contributed by atoms with Crippen LogP contribution in [0.1, 0.15) is 57.4 Å². The molecule has 0 bridgehead atoms. The average Bonchev–Trinajstić information content (AvgIpc) is 3.18. The molecule has 0 aliphatic carbocycles. The van der Waals surface area contributed by atoms with Crippen LogP contribution in [0.3, 0.4) is 0 Å². The van der Waals surface area contributed by atoms with E-state index in [1.165, 1.54) is 11.0 Å². The molecule has 39 heavy (non-hydrogen) atoms. The van der Waals surface area contributed by atoms with Crippen molar-refractivity contribution in [2.45, 2.75) is 71.9 Å². The van der Waals surface area contributed by atoms with E-state index in [0.29, 0.717) is 35.3 Å². The minimum Gasteiger partial charge on any atom is -0.359 e. The van der Waals surface area contributed by atoms with Crippen LogP contribution < -0.4 is 10.0 Å². The van der Waals surface area contributed by atoms with E-state index in [4.69, 9.17) is 4.52 Å². The first-order valence-corrected chi connectivity index (χ1v) is 14.4. The van der Waals surface area contributed by atoms with Crippen molar-refractivity contribution >= 4 is 27.7 Å². The fourth-order valence-electron chi connectivity index (χ4n) is 4.41. The standard InChI is InChI=1S/C29H38N4O5S/c1-8-11-25(34)33(7)26(29(4,5)6)28(35)30-18-21-14-16-22(17-15-21)23-12-9-10-13-24(23)39(36,37)32-27-19(2)20(3)38-31-27/h9-10,12-17,26H,8,11,18H2,1-7H3,(H,30,35)(H,31,32)/t26-/m1/s1. The highest BCUT2D eigenvalue weighted by molar-refractivity contribution is 7.92. The van der Waals surface area contributed by atoms with E-state index in [0.717, 1.165) is 5.56 Å². The Labute approximate surface area is 231 Å². The van der Waals surface area contributed by atoms with Gasteiger partial charge in [-0.1, -0.05) is 75.3 Å². The molecule has 0 unspecified atom stereocenters. The number of rotatable bonds is 10. The Kier molecular flexibility index (Phi) is 9.22. The third-order valence-electron chi connectivity index (χ3n) is 6.61. The Morgan fingerprint density at radius 1 is 1.05 bits per heavy atom. The van der Waals surface area contributed by atoms with Gasteiger partial charge < -0.3 is 14.7 Å². The molecule has 0 saturated heterocycles. The van der Waals surface area contributed by atoms with Crippen molar-refractivity contribution in [1.29, 1.82) is 0 Å². The monoisotopic (exact) mass is 554 g/mol. The number of carbonyl (C=O) groups excluding carboxylic acids is 2. The lowest BCUT2D eigenvalue weighted by Gasteiger charge is -2.36. The maximum atomic E-state index is 13.2. The summed E-state index contributed by atoms with van der Waals surface area (Å²) >= 11 is 0. The zero-order chi connectivity index (χ0) is 29.0. The average molecular weight is 555 g/mol. The van der Waals surface area contributed by atoms with Crippen molar-refractivity contribution in [3.63, 3.8) is 0 Å². The van der Waals surface area contributed by atoms with Crippen molar-refractivity contribution in [3.05, 3.63) is 65.4 Å². The molecule has 0 fully saturated rings. The number of anilines is 1. The molecule has 9 nitrogen and oxygen atoms in total. The zero-order valence-electron chi connectivity index (χ0n) is 23.7. The number of nitrogens with zero attached hydrogens (tertiary/aromatic N) is 2. The van der Waals surface area contributed by atoms with Gasteiger partial charge in [-0.15, -0.1) is 0 Å². The van der Waals surface area contributed by atoms with Gasteiger partial charge >= 0.3 is 0 Å². The Hall–Kier alpha value is -3.66. The van der Waals surface area contributed by atoms with Crippen molar-refractivity contribution in [2.75, 3.05) is 11.8 Å². The van der Waals surface area contributed by atoms with Gasteiger partial charge in [-0.25, -0.2) is 8.42 Å². The lowest BCUT2D eigenvalue weighted by Crippen LogP contribution is -2.54. The number of aryl methyl sites for hydroxylation is 1. The molecule has 0 aliphatic heterocycles. The summed E-state index contributed by atoms with van der Waals surface area (Å²) in [6.07, 6.45) is 1.11. The van der Waals surface area contributed by atoms with Crippen LogP contribution in [0.2, 0.25) is 0 Å². The van der Waals surface area contributed by atoms with Crippen LogP contribution in [0.5, 0.6) is 0 Å². The molecule has 2 amide bonds. The quantitative estimate of drug-likeness (QED) is 0.362.